The molecule has 0 bridgehead atoms. The second kappa shape index (κ2) is 6.22. The molecule has 104 valence electrons. The number of hydrogen-bond donors (Lipinski definition) is 2. The van der Waals surface area contributed by atoms with Crippen molar-refractivity contribution >= 4 is 11.0 Å². The van der Waals surface area contributed by atoms with Crippen LogP contribution in [0.15, 0.2) is 34.9 Å². The van der Waals surface area contributed by atoms with Gasteiger partial charge >= 0.3 is 0 Å². The van der Waals surface area contributed by atoms with Gasteiger partial charge in [0.15, 0.2) is 0 Å². The maximum atomic E-state index is 5.95. The molecule has 0 aliphatic carbocycles. The molecular formula is C16H24N2O. The Labute approximate surface area is 115 Å². The minimum absolute atomic E-state index is 0.0531. The molecule has 0 saturated heterocycles. The number of nitrogens with two attached hydrogens (primary N) is 1. The summed E-state index contributed by atoms with van der Waals surface area (Å²) in [5.41, 5.74) is 8.15. The molecule has 0 saturated carbocycles. The molecule has 3 nitrogen and oxygen atoms in total. The summed E-state index contributed by atoms with van der Waals surface area (Å²) in [5.74, 6) is 0. The molecule has 0 fully saturated rings. The van der Waals surface area contributed by atoms with Gasteiger partial charge in [-0.05, 0) is 57.8 Å². The van der Waals surface area contributed by atoms with E-state index in [2.05, 4.69) is 31.3 Å². The number of para-hydroxylation sites is 1. The predicted octanol–water partition coefficient (Wildman–Crippen LogP) is 3.08. The molecule has 0 radical (unpaired) electrons. The molecule has 1 aromatic carbocycles. The Hall–Kier alpha value is -1.32. The second-order valence-corrected chi connectivity index (χ2v) is 5.85. The van der Waals surface area contributed by atoms with E-state index in [0.29, 0.717) is 0 Å². The molecule has 3 heteroatoms. The molecule has 19 heavy (non-hydrogen) atoms. The predicted molar refractivity (Wildman–Crippen MR) is 80.3 cm³/mol. The summed E-state index contributed by atoms with van der Waals surface area (Å²) in [6, 6.07) is 8.18. The van der Waals surface area contributed by atoms with Crippen LogP contribution in [0, 0.1) is 0 Å². The second-order valence-electron chi connectivity index (χ2n) is 5.85. The fourth-order valence-electron chi connectivity index (χ4n) is 2.24. The van der Waals surface area contributed by atoms with Crippen molar-refractivity contribution in [2.75, 3.05) is 13.1 Å². The monoisotopic (exact) mass is 260 g/mol. The van der Waals surface area contributed by atoms with Gasteiger partial charge in [-0.2, -0.15) is 0 Å². The van der Waals surface area contributed by atoms with Gasteiger partial charge in [-0.1, -0.05) is 18.2 Å². The highest BCUT2D eigenvalue weighted by Crippen LogP contribution is 2.20. The van der Waals surface area contributed by atoms with Crippen molar-refractivity contribution in [3.05, 3.63) is 36.1 Å². The summed E-state index contributed by atoms with van der Waals surface area (Å²) in [7, 11) is 0. The van der Waals surface area contributed by atoms with E-state index in [1.807, 2.05) is 18.4 Å². The Morgan fingerprint density at radius 3 is 2.79 bits per heavy atom. The normalized spacial score (nSPS) is 12.2. The number of hydrogen-bond acceptors (Lipinski definition) is 3. The van der Waals surface area contributed by atoms with Crippen LogP contribution in [0.2, 0.25) is 0 Å². The van der Waals surface area contributed by atoms with Gasteiger partial charge in [0.25, 0.3) is 0 Å². The van der Waals surface area contributed by atoms with Gasteiger partial charge in [0.05, 0.1) is 6.26 Å². The molecule has 1 heterocycles. The van der Waals surface area contributed by atoms with Crippen LogP contribution in [-0.4, -0.2) is 18.6 Å². The molecule has 2 rings (SSSR count). The Morgan fingerprint density at radius 1 is 1.21 bits per heavy atom. The quantitative estimate of drug-likeness (QED) is 0.752. The maximum Gasteiger partial charge on any atom is 0.134 e. The molecular weight excluding hydrogens is 236 g/mol. The van der Waals surface area contributed by atoms with Crippen LogP contribution >= 0.6 is 0 Å². The van der Waals surface area contributed by atoms with Crippen LogP contribution in [0.25, 0.3) is 11.0 Å². The van der Waals surface area contributed by atoms with Gasteiger partial charge in [-0.15, -0.1) is 0 Å². The van der Waals surface area contributed by atoms with Crippen LogP contribution in [0.5, 0.6) is 0 Å². The van der Waals surface area contributed by atoms with Gasteiger partial charge in [-0.25, -0.2) is 0 Å². The van der Waals surface area contributed by atoms with Crippen molar-refractivity contribution in [1.29, 1.82) is 0 Å². The first-order chi connectivity index (χ1) is 9.06. The molecule has 2 aromatic rings. The first-order valence-electron chi connectivity index (χ1n) is 7.01. The molecule has 0 aliphatic heterocycles. The number of rotatable bonds is 7. The first kappa shape index (κ1) is 14.1. The zero-order chi connectivity index (χ0) is 13.7. The zero-order valence-corrected chi connectivity index (χ0v) is 11.9. The lowest BCUT2D eigenvalue weighted by molar-refractivity contribution is 0.449. The van der Waals surface area contributed by atoms with E-state index in [-0.39, 0.29) is 5.54 Å². The van der Waals surface area contributed by atoms with Gasteiger partial charge in [0.1, 0.15) is 5.58 Å². The van der Waals surface area contributed by atoms with Crippen molar-refractivity contribution < 1.29 is 4.42 Å². The smallest absolute Gasteiger partial charge is 0.134 e. The molecule has 3 N–H and O–H groups in total. The average Bonchev–Trinajstić information content (AvgIpc) is 2.76. The van der Waals surface area contributed by atoms with Crippen molar-refractivity contribution in [2.45, 2.75) is 38.6 Å². The zero-order valence-electron chi connectivity index (χ0n) is 11.9. The van der Waals surface area contributed by atoms with Gasteiger partial charge < -0.3 is 15.5 Å². The fourth-order valence-corrected chi connectivity index (χ4v) is 2.24. The van der Waals surface area contributed by atoms with E-state index in [1.165, 1.54) is 10.9 Å². The minimum Gasteiger partial charge on any atom is -0.464 e. The maximum absolute atomic E-state index is 5.95. The fraction of sp³-hybridized carbons (Fsp3) is 0.500. The summed E-state index contributed by atoms with van der Waals surface area (Å²) in [4.78, 5) is 0. The number of benzene rings is 1. The lowest BCUT2D eigenvalue weighted by Crippen LogP contribution is -2.33. The van der Waals surface area contributed by atoms with Gasteiger partial charge in [0.2, 0.25) is 0 Å². The highest BCUT2D eigenvalue weighted by molar-refractivity contribution is 5.80. The van der Waals surface area contributed by atoms with Crippen molar-refractivity contribution in [3.8, 4) is 0 Å². The Kier molecular flexibility index (Phi) is 4.61. The summed E-state index contributed by atoms with van der Waals surface area (Å²) in [5, 5.41) is 4.69. The Morgan fingerprint density at radius 2 is 2.00 bits per heavy atom. The third kappa shape index (κ3) is 4.37. The minimum atomic E-state index is -0.0531. The SMILES string of the molecule is CC(C)(N)CCCNCCc1coc2ccccc12. The first-order valence-corrected chi connectivity index (χ1v) is 7.01. The Balaban J connectivity index is 1.71. The third-order valence-electron chi connectivity index (χ3n) is 3.31. The van der Waals surface area contributed by atoms with Crippen molar-refractivity contribution in [1.82, 2.24) is 5.32 Å². The topological polar surface area (TPSA) is 51.2 Å². The van der Waals surface area contributed by atoms with E-state index in [9.17, 15) is 0 Å². The molecule has 0 amide bonds. The molecule has 0 atom stereocenters. The number of nitrogens with one attached hydrogen (secondary N) is 1. The Bertz CT molecular complexity index is 511. The number of furan rings is 1. The van der Waals surface area contributed by atoms with Crippen molar-refractivity contribution in [3.63, 3.8) is 0 Å². The van der Waals surface area contributed by atoms with E-state index < -0.39 is 0 Å². The van der Waals surface area contributed by atoms with E-state index in [1.54, 1.807) is 0 Å². The van der Waals surface area contributed by atoms with E-state index in [4.69, 9.17) is 10.2 Å². The van der Waals surface area contributed by atoms with Crippen LogP contribution in [0.3, 0.4) is 0 Å². The van der Waals surface area contributed by atoms with Crippen LogP contribution in [-0.2, 0) is 6.42 Å². The third-order valence-corrected chi connectivity index (χ3v) is 3.31. The van der Waals surface area contributed by atoms with E-state index >= 15 is 0 Å². The highest BCUT2D eigenvalue weighted by atomic mass is 16.3. The molecule has 1 aromatic heterocycles. The van der Waals surface area contributed by atoms with E-state index in [0.717, 1.165) is 37.9 Å². The van der Waals surface area contributed by atoms with Crippen LogP contribution in [0.1, 0.15) is 32.3 Å². The van der Waals surface area contributed by atoms with Gasteiger partial charge in [-0.3, -0.25) is 0 Å². The van der Waals surface area contributed by atoms with Crippen LogP contribution in [0.4, 0.5) is 0 Å². The largest absolute Gasteiger partial charge is 0.464 e. The summed E-state index contributed by atoms with van der Waals surface area (Å²) in [6.07, 6.45) is 5.04. The molecule has 0 spiro atoms. The summed E-state index contributed by atoms with van der Waals surface area (Å²) < 4.78 is 5.53. The van der Waals surface area contributed by atoms with Crippen molar-refractivity contribution in [2.24, 2.45) is 5.73 Å². The number of fused-ring (bicyclic) bond motifs is 1. The molecule has 0 unspecified atom stereocenters. The van der Waals surface area contributed by atoms with Gasteiger partial charge in [0, 0.05) is 10.9 Å². The standard InChI is InChI=1S/C16H24N2O/c1-16(2,17)9-5-10-18-11-8-13-12-19-15-7-4-3-6-14(13)15/h3-4,6-7,12,18H,5,8-11,17H2,1-2H3. The highest BCUT2D eigenvalue weighted by Gasteiger charge is 2.09. The summed E-state index contributed by atoms with van der Waals surface area (Å²) in [6.45, 7) is 6.15. The average molecular weight is 260 g/mol. The summed E-state index contributed by atoms with van der Waals surface area (Å²) >= 11 is 0. The lowest BCUT2D eigenvalue weighted by atomic mass is 10.0. The van der Waals surface area contributed by atoms with Crippen LogP contribution < -0.4 is 11.1 Å². The molecule has 0 aliphatic rings. The lowest BCUT2D eigenvalue weighted by Gasteiger charge is -2.17.